The van der Waals surface area contributed by atoms with Crippen LogP contribution in [0.4, 0.5) is 11.4 Å². The summed E-state index contributed by atoms with van der Waals surface area (Å²) in [7, 11) is 0. The average Bonchev–Trinajstić information content (AvgIpc) is 2.63. The Labute approximate surface area is 99.3 Å². The molecule has 1 aromatic heterocycles. The van der Waals surface area contributed by atoms with E-state index < -0.39 is 0 Å². The molecule has 4 heteroatoms. The van der Waals surface area contributed by atoms with E-state index >= 15 is 0 Å². The van der Waals surface area contributed by atoms with Crippen molar-refractivity contribution in [3.63, 3.8) is 0 Å². The molecule has 3 N–H and O–H groups in total. The van der Waals surface area contributed by atoms with Crippen molar-refractivity contribution in [2.45, 2.75) is 20.4 Å². The zero-order valence-electron chi connectivity index (χ0n) is 9.45. The van der Waals surface area contributed by atoms with Gasteiger partial charge in [0.1, 0.15) is 0 Å². The molecule has 0 fully saturated rings. The highest BCUT2D eigenvalue weighted by molar-refractivity contribution is 7.09. The molecule has 0 unspecified atom stereocenters. The van der Waals surface area contributed by atoms with Crippen LogP contribution < -0.4 is 11.1 Å². The Morgan fingerprint density at radius 2 is 2.19 bits per heavy atom. The van der Waals surface area contributed by atoms with Crippen LogP contribution >= 0.6 is 11.3 Å². The molecule has 0 saturated carbocycles. The van der Waals surface area contributed by atoms with Crippen molar-refractivity contribution in [3.8, 4) is 0 Å². The third-order valence-corrected chi connectivity index (χ3v) is 3.16. The van der Waals surface area contributed by atoms with Gasteiger partial charge in [0.25, 0.3) is 0 Å². The molecule has 0 saturated heterocycles. The first-order chi connectivity index (χ1) is 7.65. The van der Waals surface area contributed by atoms with Crippen LogP contribution in [0.15, 0.2) is 23.6 Å². The van der Waals surface area contributed by atoms with Gasteiger partial charge in [-0.3, -0.25) is 0 Å². The lowest BCUT2D eigenvalue weighted by molar-refractivity contribution is 1.06. The Kier molecular flexibility index (Phi) is 3.10. The number of hydrogen-bond acceptors (Lipinski definition) is 4. The van der Waals surface area contributed by atoms with Crippen molar-refractivity contribution in [1.29, 1.82) is 0 Å². The first-order valence-corrected chi connectivity index (χ1v) is 6.04. The Morgan fingerprint density at radius 3 is 2.81 bits per heavy atom. The zero-order valence-corrected chi connectivity index (χ0v) is 10.3. The van der Waals surface area contributed by atoms with Crippen LogP contribution in [-0.2, 0) is 6.54 Å². The van der Waals surface area contributed by atoms with Crippen molar-refractivity contribution in [1.82, 2.24) is 4.98 Å². The van der Waals surface area contributed by atoms with E-state index in [2.05, 4.69) is 15.7 Å². The number of anilines is 2. The van der Waals surface area contributed by atoms with Crippen molar-refractivity contribution < 1.29 is 0 Å². The predicted octanol–water partition coefficient (Wildman–Crippen LogP) is 2.95. The highest BCUT2D eigenvalue weighted by Gasteiger charge is 2.01. The number of aryl methyl sites for hydroxylation is 2. The van der Waals surface area contributed by atoms with E-state index in [9.17, 15) is 0 Å². The van der Waals surface area contributed by atoms with Crippen LogP contribution in [0.1, 0.15) is 16.3 Å². The molecule has 0 aliphatic carbocycles. The van der Waals surface area contributed by atoms with E-state index in [-0.39, 0.29) is 0 Å². The highest BCUT2D eigenvalue weighted by Crippen LogP contribution is 2.20. The second kappa shape index (κ2) is 4.53. The summed E-state index contributed by atoms with van der Waals surface area (Å²) in [4.78, 5) is 4.39. The lowest BCUT2D eigenvalue weighted by atomic mass is 10.2. The molecule has 2 rings (SSSR count). The van der Waals surface area contributed by atoms with Gasteiger partial charge < -0.3 is 11.1 Å². The van der Waals surface area contributed by atoms with E-state index in [0.717, 1.165) is 28.6 Å². The Hall–Kier alpha value is -1.55. The fourth-order valence-electron chi connectivity index (χ4n) is 1.52. The van der Waals surface area contributed by atoms with Gasteiger partial charge in [0.05, 0.1) is 28.6 Å². The van der Waals surface area contributed by atoms with Gasteiger partial charge in [-0.2, -0.15) is 0 Å². The van der Waals surface area contributed by atoms with Crippen molar-refractivity contribution in [3.05, 3.63) is 39.8 Å². The predicted molar refractivity (Wildman–Crippen MR) is 69.8 cm³/mol. The molecular weight excluding hydrogens is 218 g/mol. The Morgan fingerprint density at radius 1 is 1.38 bits per heavy atom. The SMILES string of the molecule is Cc1ccc(NCc2csc(C)n2)c(N)c1. The number of hydrogen-bond donors (Lipinski definition) is 2. The first-order valence-electron chi connectivity index (χ1n) is 5.16. The number of nitrogen functional groups attached to an aromatic ring is 1. The lowest BCUT2D eigenvalue weighted by Gasteiger charge is -2.08. The van der Waals surface area contributed by atoms with E-state index in [1.165, 1.54) is 5.56 Å². The van der Waals surface area contributed by atoms with Gasteiger partial charge in [0, 0.05) is 5.38 Å². The largest absolute Gasteiger partial charge is 0.397 e. The molecule has 0 amide bonds. The van der Waals surface area contributed by atoms with Gasteiger partial charge in [0.15, 0.2) is 0 Å². The Balaban J connectivity index is 2.04. The van der Waals surface area contributed by atoms with Crippen molar-refractivity contribution >= 4 is 22.7 Å². The highest BCUT2D eigenvalue weighted by atomic mass is 32.1. The molecule has 16 heavy (non-hydrogen) atoms. The molecule has 3 nitrogen and oxygen atoms in total. The van der Waals surface area contributed by atoms with Gasteiger partial charge in [-0.1, -0.05) is 6.07 Å². The molecule has 0 atom stereocenters. The Bertz CT molecular complexity index is 491. The molecule has 2 aromatic rings. The molecule has 1 heterocycles. The number of nitrogens with zero attached hydrogens (tertiary/aromatic N) is 1. The molecule has 0 aliphatic rings. The second-order valence-corrected chi connectivity index (χ2v) is 4.86. The van der Waals surface area contributed by atoms with Gasteiger partial charge in [-0.25, -0.2) is 4.98 Å². The van der Waals surface area contributed by atoms with E-state index in [1.54, 1.807) is 11.3 Å². The molecule has 0 radical (unpaired) electrons. The summed E-state index contributed by atoms with van der Waals surface area (Å²) in [6, 6.07) is 6.02. The summed E-state index contributed by atoms with van der Waals surface area (Å²) in [5.41, 5.74) is 9.89. The van der Waals surface area contributed by atoms with Crippen LogP contribution in [-0.4, -0.2) is 4.98 Å². The molecule has 0 bridgehead atoms. The average molecular weight is 233 g/mol. The van der Waals surface area contributed by atoms with Crippen LogP contribution in [0.3, 0.4) is 0 Å². The van der Waals surface area contributed by atoms with E-state index in [0.29, 0.717) is 0 Å². The molecule has 84 valence electrons. The summed E-state index contributed by atoms with van der Waals surface area (Å²) >= 11 is 1.66. The maximum absolute atomic E-state index is 5.91. The molecular formula is C12H15N3S. The smallest absolute Gasteiger partial charge is 0.0898 e. The van der Waals surface area contributed by atoms with Gasteiger partial charge in [0.2, 0.25) is 0 Å². The maximum Gasteiger partial charge on any atom is 0.0898 e. The van der Waals surface area contributed by atoms with E-state index in [4.69, 9.17) is 5.73 Å². The van der Waals surface area contributed by atoms with Crippen LogP contribution in [0.2, 0.25) is 0 Å². The number of aromatic nitrogens is 1. The summed E-state index contributed by atoms with van der Waals surface area (Å²) < 4.78 is 0. The molecule has 1 aromatic carbocycles. The van der Waals surface area contributed by atoms with Crippen molar-refractivity contribution in [2.24, 2.45) is 0 Å². The topological polar surface area (TPSA) is 50.9 Å². The normalized spacial score (nSPS) is 10.4. The summed E-state index contributed by atoms with van der Waals surface area (Å²) in [6.45, 7) is 4.76. The minimum atomic E-state index is 0.720. The van der Waals surface area contributed by atoms with Gasteiger partial charge >= 0.3 is 0 Å². The standard InChI is InChI=1S/C12H15N3S/c1-8-3-4-12(11(13)5-8)14-6-10-7-16-9(2)15-10/h3-5,7,14H,6,13H2,1-2H3. The van der Waals surface area contributed by atoms with Crippen LogP contribution in [0.25, 0.3) is 0 Å². The lowest BCUT2D eigenvalue weighted by Crippen LogP contribution is -2.02. The third kappa shape index (κ3) is 2.52. The van der Waals surface area contributed by atoms with Crippen LogP contribution in [0, 0.1) is 13.8 Å². The summed E-state index contributed by atoms with van der Waals surface area (Å²) in [5.74, 6) is 0. The quantitative estimate of drug-likeness (QED) is 0.801. The number of rotatable bonds is 3. The fraction of sp³-hybridized carbons (Fsp3) is 0.250. The van der Waals surface area contributed by atoms with E-state index in [1.807, 2.05) is 32.0 Å². The maximum atomic E-state index is 5.91. The molecule has 0 aliphatic heterocycles. The summed E-state index contributed by atoms with van der Waals surface area (Å²) in [6.07, 6.45) is 0. The number of benzene rings is 1. The van der Waals surface area contributed by atoms with Gasteiger partial charge in [-0.05, 0) is 31.5 Å². The molecule has 0 spiro atoms. The number of thiazole rings is 1. The van der Waals surface area contributed by atoms with Crippen molar-refractivity contribution in [2.75, 3.05) is 11.1 Å². The monoisotopic (exact) mass is 233 g/mol. The fourth-order valence-corrected chi connectivity index (χ4v) is 2.13. The van der Waals surface area contributed by atoms with Crippen LogP contribution in [0.5, 0.6) is 0 Å². The number of nitrogens with two attached hydrogens (primary N) is 1. The summed E-state index contributed by atoms with van der Waals surface area (Å²) in [5, 5.41) is 6.44. The number of nitrogens with one attached hydrogen (secondary N) is 1. The minimum Gasteiger partial charge on any atom is -0.397 e. The minimum absolute atomic E-state index is 0.720. The first kappa shape index (κ1) is 11.0. The zero-order chi connectivity index (χ0) is 11.5. The second-order valence-electron chi connectivity index (χ2n) is 3.80. The third-order valence-electron chi connectivity index (χ3n) is 2.33. The van der Waals surface area contributed by atoms with Gasteiger partial charge in [-0.15, -0.1) is 11.3 Å².